The zero-order valence-electron chi connectivity index (χ0n) is 17.4. The lowest BCUT2D eigenvalue weighted by Crippen LogP contribution is -2.21. The molecular formula is C23H29N3O2S2. The summed E-state index contributed by atoms with van der Waals surface area (Å²) in [6.07, 6.45) is 6.46. The first kappa shape index (κ1) is 21.4. The zero-order chi connectivity index (χ0) is 20.8. The Hall–Kier alpha value is -1.83. The fraction of sp³-hybridized carbons (Fsp3) is 0.478. The first-order chi connectivity index (χ1) is 14.7. The van der Waals surface area contributed by atoms with Crippen molar-refractivity contribution in [3.8, 4) is 5.75 Å². The maximum absolute atomic E-state index is 10.4. The fourth-order valence-electron chi connectivity index (χ4n) is 3.85. The largest absolute Gasteiger partial charge is 0.491 e. The Morgan fingerprint density at radius 1 is 1.17 bits per heavy atom. The number of aliphatic hydroxyl groups excluding tert-OH is 1. The van der Waals surface area contributed by atoms with Crippen LogP contribution in [-0.4, -0.2) is 38.3 Å². The molecule has 30 heavy (non-hydrogen) atoms. The summed E-state index contributed by atoms with van der Waals surface area (Å²) in [6, 6.07) is 12.6. The third-order valence-corrected chi connectivity index (χ3v) is 7.42. The minimum Gasteiger partial charge on any atom is -0.491 e. The van der Waals surface area contributed by atoms with Gasteiger partial charge in [-0.05, 0) is 43.3 Å². The second-order valence-electron chi connectivity index (χ2n) is 7.91. The molecule has 2 aromatic heterocycles. The van der Waals surface area contributed by atoms with E-state index in [9.17, 15) is 5.11 Å². The molecule has 160 valence electrons. The van der Waals surface area contributed by atoms with Gasteiger partial charge in [-0.15, -0.1) is 21.5 Å². The molecule has 1 atom stereocenters. The molecule has 4 rings (SSSR count). The minimum atomic E-state index is -0.562. The molecule has 0 amide bonds. The number of rotatable bonds is 9. The second kappa shape index (κ2) is 10.5. The quantitative estimate of drug-likeness (QED) is 0.456. The number of hydrogen-bond acceptors (Lipinski definition) is 6. The number of hydrogen-bond donors (Lipinski definition) is 1. The van der Waals surface area contributed by atoms with Crippen molar-refractivity contribution in [2.75, 3.05) is 12.4 Å². The van der Waals surface area contributed by atoms with Crippen molar-refractivity contribution in [2.45, 2.75) is 62.8 Å². The number of ether oxygens (including phenoxy) is 1. The number of benzene rings is 1. The Morgan fingerprint density at radius 3 is 2.70 bits per heavy atom. The van der Waals surface area contributed by atoms with E-state index in [1.54, 1.807) is 23.1 Å². The van der Waals surface area contributed by atoms with E-state index in [0.717, 1.165) is 23.2 Å². The molecule has 1 aromatic carbocycles. The molecule has 2 heterocycles. The smallest absolute Gasteiger partial charge is 0.191 e. The predicted octanol–water partition coefficient (Wildman–Crippen LogP) is 5.28. The number of aromatic nitrogens is 3. The summed E-state index contributed by atoms with van der Waals surface area (Å²) in [6.45, 7) is 2.32. The van der Waals surface area contributed by atoms with Crippen LogP contribution in [-0.2, 0) is 6.42 Å². The molecule has 1 aliphatic rings. The summed E-state index contributed by atoms with van der Waals surface area (Å²) in [7, 11) is 0. The molecule has 1 N–H and O–H groups in total. The number of aryl methyl sites for hydroxylation is 1. The lowest BCUT2D eigenvalue weighted by atomic mass is 9.95. The summed E-state index contributed by atoms with van der Waals surface area (Å²) in [4.78, 5) is 1.31. The van der Waals surface area contributed by atoms with Crippen LogP contribution in [0.4, 0.5) is 0 Å². The van der Waals surface area contributed by atoms with Gasteiger partial charge in [0.25, 0.3) is 0 Å². The van der Waals surface area contributed by atoms with Gasteiger partial charge in [0.15, 0.2) is 5.16 Å². The van der Waals surface area contributed by atoms with Gasteiger partial charge in [0.05, 0.1) is 6.10 Å². The number of aliphatic hydroxyl groups is 1. The molecule has 3 aromatic rings. The van der Waals surface area contributed by atoms with Gasteiger partial charge in [-0.3, -0.25) is 0 Å². The highest BCUT2D eigenvalue weighted by Crippen LogP contribution is 2.33. The molecule has 7 heteroatoms. The van der Waals surface area contributed by atoms with Crippen LogP contribution in [0.2, 0.25) is 0 Å². The van der Waals surface area contributed by atoms with E-state index in [1.165, 1.54) is 42.5 Å². The van der Waals surface area contributed by atoms with Gasteiger partial charge in [0.2, 0.25) is 0 Å². The van der Waals surface area contributed by atoms with Crippen LogP contribution in [0.3, 0.4) is 0 Å². The summed E-state index contributed by atoms with van der Waals surface area (Å²) >= 11 is 3.34. The van der Waals surface area contributed by atoms with Crippen LogP contribution in [0.5, 0.6) is 5.75 Å². The Balaban J connectivity index is 1.39. The maximum Gasteiger partial charge on any atom is 0.191 e. The Bertz CT molecular complexity index is 903. The Morgan fingerprint density at radius 2 is 1.97 bits per heavy atom. The molecule has 0 saturated heterocycles. The van der Waals surface area contributed by atoms with Gasteiger partial charge in [-0.2, -0.15) is 0 Å². The Labute approximate surface area is 186 Å². The average Bonchev–Trinajstić information content (AvgIpc) is 3.43. The van der Waals surface area contributed by atoms with Crippen molar-refractivity contribution < 1.29 is 9.84 Å². The van der Waals surface area contributed by atoms with Gasteiger partial charge in [-0.25, -0.2) is 0 Å². The van der Waals surface area contributed by atoms with E-state index in [0.29, 0.717) is 11.8 Å². The molecule has 0 radical (unpaired) electrons. The lowest BCUT2D eigenvalue weighted by Gasteiger charge is -2.25. The third-order valence-electron chi connectivity index (χ3n) is 5.46. The van der Waals surface area contributed by atoms with E-state index in [1.807, 2.05) is 31.2 Å². The van der Waals surface area contributed by atoms with Crippen LogP contribution < -0.4 is 4.74 Å². The van der Waals surface area contributed by atoms with Crippen LogP contribution in [0.25, 0.3) is 0 Å². The first-order valence-corrected chi connectivity index (χ1v) is 12.5. The van der Waals surface area contributed by atoms with Crippen LogP contribution >= 0.6 is 23.1 Å². The van der Waals surface area contributed by atoms with Gasteiger partial charge in [-0.1, -0.05) is 54.8 Å². The van der Waals surface area contributed by atoms with Gasteiger partial charge in [0.1, 0.15) is 18.2 Å². The summed E-state index contributed by atoms with van der Waals surface area (Å²) < 4.78 is 8.07. The molecule has 0 spiro atoms. The molecule has 1 fully saturated rings. The number of thiophene rings is 1. The predicted molar refractivity (Wildman–Crippen MR) is 123 cm³/mol. The van der Waals surface area contributed by atoms with E-state index >= 15 is 0 Å². The average molecular weight is 444 g/mol. The third kappa shape index (κ3) is 5.65. The van der Waals surface area contributed by atoms with Crippen molar-refractivity contribution in [1.82, 2.24) is 14.8 Å². The molecule has 1 saturated carbocycles. The van der Waals surface area contributed by atoms with E-state index < -0.39 is 6.10 Å². The lowest BCUT2D eigenvalue weighted by molar-refractivity contribution is 0.126. The Kier molecular flexibility index (Phi) is 7.47. The molecule has 0 bridgehead atoms. The van der Waals surface area contributed by atoms with Crippen molar-refractivity contribution >= 4 is 23.1 Å². The fourth-order valence-corrected chi connectivity index (χ4v) is 5.48. The maximum atomic E-state index is 10.4. The van der Waals surface area contributed by atoms with E-state index in [2.05, 4.69) is 32.3 Å². The van der Waals surface area contributed by atoms with E-state index in [4.69, 9.17) is 4.74 Å². The standard InChI is InChI=1S/C23H29N3O2S2/c1-17-9-11-20(12-10-17)28-15-19(27)16-30-23-25-24-22(14-21-8-5-13-29-21)26(23)18-6-3-2-4-7-18/h5,8-13,18-19,27H,2-4,6-7,14-16H2,1H3. The topological polar surface area (TPSA) is 60.2 Å². The number of nitrogens with zero attached hydrogens (tertiary/aromatic N) is 3. The SMILES string of the molecule is Cc1ccc(OCC(O)CSc2nnc(Cc3cccs3)n2C2CCCCC2)cc1. The van der Waals surface area contributed by atoms with Gasteiger partial charge < -0.3 is 14.4 Å². The molecule has 5 nitrogen and oxygen atoms in total. The van der Waals surface area contributed by atoms with E-state index in [-0.39, 0.29) is 6.61 Å². The molecule has 1 unspecified atom stereocenters. The molecule has 0 aliphatic heterocycles. The summed E-state index contributed by atoms with van der Waals surface area (Å²) in [5.41, 5.74) is 1.19. The van der Waals surface area contributed by atoms with Crippen molar-refractivity contribution in [3.05, 3.63) is 58.0 Å². The monoisotopic (exact) mass is 443 g/mol. The first-order valence-electron chi connectivity index (χ1n) is 10.7. The van der Waals surface area contributed by atoms with Crippen LogP contribution in [0, 0.1) is 6.92 Å². The second-order valence-corrected chi connectivity index (χ2v) is 9.93. The highest BCUT2D eigenvalue weighted by molar-refractivity contribution is 7.99. The van der Waals surface area contributed by atoms with Crippen molar-refractivity contribution in [1.29, 1.82) is 0 Å². The summed E-state index contributed by atoms with van der Waals surface area (Å²) in [5.74, 6) is 2.36. The summed E-state index contributed by atoms with van der Waals surface area (Å²) in [5, 5.41) is 22.5. The zero-order valence-corrected chi connectivity index (χ0v) is 19.0. The molecular weight excluding hydrogens is 414 g/mol. The van der Waals surface area contributed by atoms with Gasteiger partial charge >= 0.3 is 0 Å². The minimum absolute atomic E-state index is 0.273. The highest BCUT2D eigenvalue weighted by Gasteiger charge is 2.24. The number of thioether (sulfide) groups is 1. The van der Waals surface area contributed by atoms with Crippen molar-refractivity contribution in [3.63, 3.8) is 0 Å². The normalized spacial score (nSPS) is 15.9. The highest BCUT2D eigenvalue weighted by atomic mass is 32.2. The molecule has 1 aliphatic carbocycles. The van der Waals surface area contributed by atoms with Gasteiger partial charge in [0, 0.05) is 23.1 Å². The van der Waals surface area contributed by atoms with Crippen molar-refractivity contribution in [2.24, 2.45) is 0 Å². The van der Waals surface area contributed by atoms with Crippen LogP contribution in [0.1, 0.15) is 54.4 Å². The van der Waals surface area contributed by atoms with Crippen LogP contribution in [0.15, 0.2) is 46.9 Å².